The third-order valence-electron chi connectivity index (χ3n) is 2.60. The first kappa shape index (κ1) is 11.7. The van der Waals surface area contributed by atoms with Gasteiger partial charge in [-0.15, -0.1) is 0 Å². The zero-order chi connectivity index (χ0) is 9.61. The van der Waals surface area contributed by atoms with E-state index >= 15 is 0 Å². The number of unbranched alkanes of at least 4 members (excludes halogenated alkanes) is 1. The average Bonchev–Trinajstić information content (AvgIpc) is 1.98. The van der Waals surface area contributed by atoms with Crippen LogP contribution in [0.2, 0.25) is 0 Å². The van der Waals surface area contributed by atoms with Crippen LogP contribution < -0.4 is 0 Å². The normalized spacial score (nSPS) is 13.2. The van der Waals surface area contributed by atoms with Crippen molar-refractivity contribution in [3.8, 4) is 0 Å². The van der Waals surface area contributed by atoms with Crippen molar-refractivity contribution in [2.24, 2.45) is 11.3 Å². The Morgan fingerprint density at radius 3 is 2.33 bits per heavy atom. The zero-order valence-corrected chi connectivity index (χ0v) is 9.06. The minimum Gasteiger partial charge on any atom is -0.0885 e. The van der Waals surface area contributed by atoms with Crippen LogP contribution in [0.4, 0.5) is 0 Å². The molecule has 0 aliphatic carbocycles. The average molecular weight is 167 g/mol. The van der Waals surface area contributed by atoms with E-state index in [1.807, 2.05) is 0 Å². The van der Waals surface area contributed by atoms with Gasteiger partial charge >= 0.3 is 0 Å². The fourth-order valence-electron chi connectivity index (χ4n) is 0.873. The van der Waals surface area contributed by atoms with Crippen molar-refractivity contribution in [3.05, 3.63) is 19.1 Å². The molecule has 1 radical (unpaired) electrons. The Bertz CT molecular complexity index is 129. The van der Waals surface area contributed by atoms with Gasteiger partial charge in [0.15, 0.2) is 0 Å². The Hall–Kier alpha value is -0.260. The Labute approximate surface area is 78.1 Å². The fourth-order valence-corrected chi connectivity index (χ4v) is 0.873. The third kappa shape index (κ3) is 4.58. The van der Waals surface area contributed by atoms with Crippen LogP contribution in [-0.2, 0) is 0 Å². The summed E-state index contributed by atoms with van der Waals surface area (Å²) in [5.74, 6) is 0.517. The van der Waals surface area contributed by atoms with Gasteiger partial charge in [-0.25, -0.2) is 0 Å². The summed E-state index contributed by atoms with van der Waals surface area (Å²) in [4.78, 5) is 0. The molecule has 0 fully saturated rings. The van der Waals surface area contributed by atoms with E-state index in [0.717, 1.165) is 6.42 Å². The Morgan fingerprint density at radius 1 is 1.33 bits per heavy atom. The first-order valence-electron chi connectivity index (χ1n) is 4.98. The summed E-state index contributed by atoms with van der Waals surface area (Å²) in [5.41, 5.74) is 0.351. The molecule has 0 spiro atoms. The van der Waals surface area contributed by atoms with Gasteiger partial charge in [0.1, 0.15) is 0 Å². The highest BCUT2D eigenvalue weighted by molar-refractivity contribution is 4.89. The maximum Gasteiger partial charge on any atom is -0.0294 e. The zero-order valence-electron chi connectivity index (χ0n) is 9.06. The van der Waals surface area contributed by atoms with Crippen LogP contribution in [0.25, 0.3) is 0 Å². The number of hydrogen-bond donors (Lipinski definition) is 0. The summed E-state index contributed by atoms with van der Waals surface area (Å²) in [6.45, 7) is 13.0. The van der Waals surface area contributed by atoms with Gasteiger partial charge in [-0.3, -0.25) is 0 Å². The van der Waals surface area contributed by atoms with Gasteiger partial charge in [0, 0.05) is 0 Å². The molecule has 1 atom stereocenters. The summed E-state index contributed by atoms with van der Waals surface area (Å²) in [7, 11) is 0. The second-order valence-electron chi connectivity index (χ2n) is 4.35. The smallest absolute Gasteiger partial charge is 0.0294 e. The minimum atomic E-state index is 0.351. The molecule has 0 heteroatoms. The monoisotopic (exact) mass is 167 g/mol. The Balaban J connectivity index is 3.75. The molecule has 0 aromatic heterocycles. The van der Waals surface area contributed by atoms with Crippen LogP contribution in [0.3, 0.4) is 0 Å². The molecule has 71 valence electrons. The molecule has 0 saturated heterocycles. The summed E-state index contributed by atoms with van der Waals surface area (Å²) in [5, 5.41) is 0. The first-order valence-corrected chi connectivity index (χ1v) is 4.98. The molecule has 0 aliphatic heterocycles. The molecule has 0 aromatic rings. The van der Waals surface area contributed by atoms with E-state index in [1.165, 1.54) is 12.8 Å². The number of rotatable bonds is 5. The van der Waals surface area contributed by atoms with Crippen LogP contribution in [0.15, 0.2) is 12.2 Å². The molecular weight excluding hydrogens is 144 g/mol. The number of hydrogen-bond acceptors (Lipinski definition) is 0. The summed E-state index contributed by atoms with van der Waals surface area (Å²) >= 11 is 0. The van der Waals surface area contributed by atoms with Crippen LogP contribution >= 0.6 is 0 Å². The maximum atomic E-state index is 4.08. The lowest BCUT2D eigenvalue weighted by atomic mass is 9.78. The molecule has 0 nitrogen and oxygen atoms in total. The van der Waals surface area contributed by atoms with Crippen molar-refractivity contribution in [3.63, 3.8) is 0 Å². The minimum absolute atomic E-state index is 0.351. The van der Waals surface area contributed by atoms with Gasteiger partial charge in [-0.1, -0.05) is 46.3 Å². The van der Waals surface area contributed by atoms with Crippen LogP contribution in [0, 0.1) is 18.3 Å². The number of allylic oxidation sites excluding steroid dienone is 2. The fraction of sp³-hybridized carbons (Fsp3) is 0.750. The van der Waals surface area contributed by atoms with Crippen molar-refractivity contribution in [2.75, 3.05) is 0 Å². The second kappa shape index (κ2) is 5.40. The van der Waals surface area contributed by atoms with E-state index in [4.69, 9.17) is 0 Å². The molecule has 0 saturated carbocycles. The Kier molecular flexibility index (Phi) is 5.28. The standard InChI is InChI=1S/C12H23/c1-6-7-8-9-10-12(4,5)11(2)3/h8-9,11H,2,6-7,10H2,1,3-5H3. The second-order valence-corrected chi connectivity index (χ2v) is 4.35. The van der Waals surface area contributed by atoms with Crippen molar-refractivity contribution in [1.29, 1.82) is 0 Å². The molecule has 0 N–H and O–H groups in total. The van der Waals surface area contributed by atoms with E-state index < -0.39 is 0 Å². The van der Waals surface area contributed by atoms with E-state index in [0.29, 0.717) is 11.3 Å². The molecule has 0 aliphatic rings. The van der Waals surface area contributed by atoms with Gasteiger partial charge in [0.2, 0.25) is 0 Å². The van der Waals surface area contributed by atoms with Crippen molar-refractivity contribution < 1.29 is 0 Å². The van der Waals surface area contributed by atoms with Gasteiger partial charge in [0.25, 0.3) is 0 Å². The third-order valence-corrected chi connectivity index (χ3v) is 2.60. The topological polar surface area (TPSA) is 0 Å². The maximum absolute atomic E-state index is 4.08. The van der Waals surface area contributed by atoms with E-state index in [-0.39, 0.29) is 0 Å². The van der Waals surface area contributed by atoms with Crippen molar-refractivity contribution in [2.45, 2.75) is 47.0 Å². The van der Waals surface area contributed by atoms with Crippen molar-refractivity contribution in [1.82, 2.24) is 0 Å². The summed E-state index contributed by atoms with van der Waals surface area (Å²) in [6, 6.07) is 0. The summed E-state index contributed by atoms with van der Waals surface area (Å²) in [6.07, 6.45) is 8.19. The van der Waals surface area contributed by atoms with Gasteiger partial charge in [0.05, 0.1) is 0 Å². The lowest BCUT2D eigenvalue weighted by Crippen LogP contribution is -2.17. The Morgan fingerprint density at radius 2 is 1.92 bits per heavy atom. The molecule has 0 aromatic carbocycles. The molecule has 12 heavy (non-hydrogen) atoms. The molecule has 0 bridgehead atoms. The molecule has 0 heterocycles. The van der Waals surface area contributed by atoms with Crippen LogP contribution in [0.5, 0.6) is 0 Å². The highest BCUT2D eigenvalue weighted by Crippen LogP contribution is 2.29. The lowest BCUT2D eigenvalue weighted by Gasteiger charge is -2.27. The predicted octanol–water partition coefficient (Wildman–Crippen LogP) is 4.23. The SMILES string of the molecule is [CH2]C(C)C(C)(C)CC=CCCC. The highest BCUT2D eigenvalue weighted by atomic mass is 14.2. The molecule has 1 unspecified atom stereocenters. The molecule has 0 rings (SSSR count). The highest BCUT2D eigenvalue weighted by Gasteiger charge is 2.19. The van der Waals surface area contributed by atoms with Crippen LogP contribution in [0.1, 0.15) is 47.0 Å². The summed E-state index contributed by atoms with van der Waals surface area (Å²) < 4.78 is 0. The van der Waals surface area contributed by atoms with E-state index in [2.05, 4.69) is 46.8 Å². The van der Waals surface area contributed by atoms with Gasteiger partial charge in [-0.05, 0) is 31.1 Å². The van der Waals surface area contributed by atoms with Crippen LogP contribution in [-0.4, -0.2) is 0 Å². The largest absolute Gasteiger partial charge is 0.0885 e. The quantitative estimate of drug-likeness (QED) is 0.537. The molecular formula is C12H23. The lowest BCUT2D eigenvalue weighted by molar-refractivity contribution is 0.278. The predicted molar refractivity (Wildman–Crippen MR) is 57.0 cm³/mol. The van der Waals surface area contributed by atoms with Gasteiger partial charge < -0.3 is 0 Å². The molecule has 0 amide bonds. The first-order chi connectivity index (χ1) is 5.50. The van der Waals surface area contributed by atoms with Gasteiger partial charge in [-0.2, -0.15) is 0 Å². The van der Waals surface area contributed by atoms with E-state index in [1.54, 1.807) is 0 Å². The van der Waals surface area contributed by atoms with E-state index in [9.17, 15) is 0 Å². The van der Waals surface area contributed by atoms with Crippen molar-refractivity contribution >= 4 is 0 Å².